The van der Waals surface area contributed by atoms with Crippen LogP contribution in [0.25, 0.3) is 44.8 Å². The molecule has 3 aromatic heterocycles. The summed E-state index contributed by atoms with van der Waals surface area (Å²) >= 11 is 0. The quantitative estimate of drug-likeness (QED) is 0.363. The van der Waals surface area contributed by atoms with Crippen molar-refractivity contribution in [3.63, 3.8) is 0 Å². The molecule has 0 atom stereocenters. The zero-order valence-electron chi connectivity index (χ0n) is 16.8. The number of imidazole rings is 1. The van der Waals surface area contributed by atoms with E-state index >= 15 is 0 Å². The molecule has 0 bridgehead atoms. The Morgan fingerprint density at radius 1 is 0.710 bits per heavy atom. The Morgan fingerprint density at radius 2 is 1.39 bits per heavy atom. The van der Waals surface area contributed by atoms with Crippen LogP contribution >= 0.6 is 0 Å². The third-order valence-electron chi connectivity index (χ3n) is 6.28. The van der Waals surface area contributed by atoms with Gasteiger partial charge in [-0.3, -0.25) is 4.98 Å². The van der Waals surface area contributed by atoms with Gasteiger partial charge >= 0.3 is 0 Å². The first-order valence-electron chi connectivity index (χ1n) is 10.5. The van der Waals surface area contributed by atoms with Gasteiger partial charge in [-0.2, -0.15) is 0 Å². The van der Waals surface area contributed by atoms with E-state index in [4.69, 9.17) is 0 Å². The maximum Gasteiger partial charge on any atom is 0.275 e. The fourth-order valence-corrected chi connectivity index (χ4v) is 5.03. The fraction of sp³-hybridized carbons (Fsp3) is 0.0370. The summed E-state index contributed by atoms with van der Waals surface area (Å²) in [5.74, 6) is 1.22. The summed E-state index contributed by atoms with van der Waals surface area (Å²) in [6.45, 7) is 0.860. The molecule has 0 spiro atoms. The van der Waals surface area contributed by atoms with Crippen molar-refractivity contribution < 1.29 is 4.57 Å². The largest absolute Gasteiger partial charge is 0.275 e. The van der Waals surface area contributed by atoms with Crippen molar-refractivity contribution in [3.8, 4) is 22.8 Å². The van der Waals surface area contributed by atoms with Gasteiger partial charge < -0.3 is 0 Å². The lowest BCUT2D eigenvalue weighted by molar-refractivity contribution is -0.648. The number of fused-ring (bicyclic) bond motifs is 7. The Kier molecular flexibility index (Phi) is 3.30. The molecular formula is C27H19N4+. The highest BCUT2D eigenvalue weighted by Crippen LogP contribution is 2.39. The van der Waals surface area contributed by atoms with E-state index in [1.54, 1.807) is 0 Å². The molecule has 4 nitrogen and oxygen atoms in total. The average molecular weight is 399 g/mol. The molecule has 0 unspecified atom stereocenters. The number of pyridine rings is 1. The second kappa shape index (κ2) is 6.16. The van der Waals surface area contributed by atoms with Gasteiger partial charge in [-0.05, 0) is 36.4 Å². The summed E-state index contributed by atoms with van der Waals surface area (Å²) < 4.78 is 7.24. The minimum atomic E-state index is 0.860. The molecule has 0 amide bonds. The van der Waals surface area contributed by atoms with E-state index in [9.17, 15) is 0 Å². The van der Waals surface area contributed by atoms with Crippen molar-refractivity contribution in [1.29, 1.82) is 0 Å². The van der Waals surface area contributed by atoms with E-state index in [0.717, 1.165) is 23.3 Å². The molecule has 1 aliphatic rings. The molecule has 146 valence electrons. The highest BCUT2D eigenvalue weighted by atomic mass is 15.3. The van der Waals surface area contributed by atoms with Crippen LogP contribution in [0, 0.1) is 0 Å². The van der Waals surface area contributed by atoms with Crippen molar-refractivity contribution in [1.82, 2.24) is 14.1 Å². The lowest BCUT2D eigenvalue weighted by atomic mass is 10.1. The van der Waals surface area contributed by atoms with E-state index < -0.39 is 0 Å². The van der Waals surface area contributed by atoms with E-state index in [1.165, 1.54) is 33.6 Å². The van der Waals surface area contributed by atoms with E-state index in [1.807, 2.05) is 12.4 Å². The van der Waals surface area contributed by atoms with E-state index in [-0.39, 0.29) is 0 Å². The summed E-state index contributed by atoms with van der Waals surface area (Å²) in [5, 5.41) is 1.16. The van der Waals surface area contributed by atoms with Crippen LogP contribution < -0.4 is 4.57 Å². The lowest BCUT2D eigenvalue weighted by Crippen LogP contribution is -2.33. The Bertz CT molecular complexity index is 1590. The molecule has 6 aromatic rings. The van der Waals surface area contributed by atoms with Crippen molar-refractivity contribution in [2.45, 2.75) is 6.54 Å². The normalized spacial score (nSPS) is 12.4. The minimum absolute atomic E-state index is 0.860. The van der Waals surface area contributed by atoms with Crippen LogP contribution in [0.4, 0.5) is 0 Å². The molecule has 0 saturated heterocycles. The monoisotopic (exact) mass is 399 g/mol. The summed E-state index contributed by atoms with van der Waals surface area (Å²) in [5.41, 5.74) is 8.53. The van der Waals surface area contributed by atoms with Crippen LogP contribution in [0.5, 0.6) is 0 Å². The van der Waals surface area contributed by atoms with Crippen LogP contribution in [-0.2, 0) is 6.54 Å². The summed E-state index contributed by atoms with van der Waals surface area (Å²) in [6, 6.07) is 32.1. The molecule has 7 rings (SSSR count). The Labute approximate surface area is 179 Å². The third kappa shape index (κ3) is 2.19. The SMILES string of the molecule is c1ccc(-n2c3[n+](c4c2c2cnccc2n4-c2ccccc2)Cc2ccccc2-3)cc1. The second-order valence-electron chi connectivity index (χ2n) is 7.97. The Morgan fingerprint density at radius 3 is 2.16 bits per heavy atom. The second-order valence-corrected chi connectivity index (χ2v) is 7.97. The predicted octanol–water partition coefficient (Wildman–Crippen LogP) is 5.29. The van der Waals surface area contributed by atoms with Gasteiger partial charge in [0.1, 0.15) is 16.9 Å². The highest BCUT2D eigenvalue weighted by Gasteiger charge is 2.37. The number of benzene rings is 3. The molecule has 4 heteroatoms. The summed E-state index contributed by atoms with van der Waals surface area (Å²) in [7, 11) is 0. The maximum atomic E-state index is 4.50. The first-order chi connectivity index (χ1) is 15.4. The fourth-order valence-electron chi connectivity index (χ4n) is 5.03. The first kappa shape index (κ1) is 16.6. The molecule has 0 aliphatic carbocycles. The summed E-state index contributed by atoms with van der Waals surface area (Å²) in [4.78, 5) is 4.50. The molecule has 0 fully saturated rings. The van der Waals surface area contributed by atoms with Gasteiger partial charge in [0.2, 0.25) is 5.82 Å². The third-order valence-corrected chi connectivity index (χ3v) is 6.28. The smallest absolute Gasteiger partial charge is 0.264 e. The highest BCUT2D eigenvalue weighted by molar-refractivity contribution is 6.06. The van der Waals surface area contributed by atoms with Gasteiger partial charge in [-0.1, -0.05) is 54.6 Å². The van der Waals surface area contributed by atoms with Gasteiger partial charge in [0.05, 0.1) is 17.5 Å². The number of para-hydroxylation sites is 2. The minimum Gasteiger partial charge on any atom is -0.264 e. The van der Waals surface area contributed by atoms with E-state index in [2.05, 4.69) is 110 Å². The number of aromatic nitrogens is 4. The van der Waals surface area contributed by atoms with Gasteiger partial charge in [-0.25, -0.2) is 13.7 Å². The molecular weight excluding hydrogens is 380 g/mol. The number of nitrogens with zero attached hydrogens (tertiary/aromatic N) is 4. The maximum absolute atomic E-state index is 4.50. The van der Waals surface area contributed by atoms with Crippen LogP contribution in [0.2, 0.25) is 0 Å². The molecule has 0 radical (unpaired) electrons. The van der Waals surface area contributed by atoms with Crippen molar-refractivity contribution in [3.05, 3.63) is 109 Å². The van der Waals surface area contributed by atoms with Crippen LogP contribution in [0.1, 0.15) is 5.56 Å². The van der Waals surface area contributed by atoms with Crippen LogP contribution in [-0.4, -0.2) is 14.1 Å². The Hall–Kier alpha value is -4.18. The van der Waals surface area contributed by atoms with Gasteiger partial charge in [0.15, 0.2) is 5.52 Å². The predicted molar refractivity (Wildman–Crippen MR) is 123 cm³/mol. The van der Waals surface area contributed by atoms with Crippen LogP contribution in [0.15, 0.2) is 103 Å². The zero-order valence-corrected chi connectivity index (χ0v) is 16.8. The molecule has 3 aromatic carbocycles. The van der Waals surface area contributed by atoms with Gasteiger partial charge in [0, 0.05) is 18.0 Å². The van der Waals surface area contributed by atoms with Crippen molar-refractivity contribution in [2.24, 2.45) is 0 Å². The number of hydrogen-bond donors (Lipinski definition) is 0. The van der Waals surface area contributed by atoms with E-state index in [0.29, 0.717) is 0 Å². The van der Waals surface area contributed by atoms with Crippen molar-refractivity contribution >= 4 is 22.1 Å². The molecule has 0 saturated carbocycles. The number of hydrogen-bond acceptors (Lipinski definition) is 1. The summed E-state index contributed by atoms with van der Waals surface area (Å²) in [6.07, 6.45) is 3.88. The number of rotatable bonds is 2. The molecule has 0 N–H and O–H groups in total. The molecule has 4 heterocycles. The lowest BCUT2D eigenvalue weighted by Gasteiger charge is -2.04. The van der Waals surface area contributed by atoms with Gasteiger partial charge in [0.25, 0.3) is 5.65 Å². The molecule has 1 aliphatic heterocycles. The average Bonchev–Trinajstić information content (AvgIpc) is 3.47. The zero-order chi connectivity index (χ0) is 20.4. The van der Waals surface area contributed by atoms with Gasteiger partial charge in [-0.15, -0.1) is 0 Å². The molecule has 31 heavy (non-hydrogen) atoms. The topological polar surface area (TPSA) is 26.6 Å². The standard InChI is InChI=1S/C27H19N4/c1-3-10-20(11-4-1)30-24-15-16-28-17-23(24)25-27(30)29-18-19-9-7-8-14-22(19)26(29)31(25)21-12-5-2-6-13-21/h1-17H,18H2/q+1. The first-order valence-corrected chi connectivity index (χ1v) is 10.5. The van der Waals surface area contributed by atoms with Crippen molar-refractivity contribution in [2.75, 3.05) is 0 Å². The Balaban J connectivity index is 1.73. The van der Waals surface area contributed by atoms with Crippen LogP contribution in [0.3, 0.4) is 0 Å².